The van der Waals surface area contributed by atoms with Gasteiger partial charge in [-0.3, -0.25) is 10.3 Å². The van der Waals surface area contributed by atoms with Gasteiger partial charge in [0.15, 0.2) is 5.01 Å². The molecule has 0 aliphatic carbocycles. The van der Waals surface area contributed by atoms with Gasteiger partial charge in [-0.05, 0) is 23.6 Å². The lowest BCUT2D eigenvalue weighted by atomic mass is 10.0. The summed E-state index contributed by atoms with van der Waals surface area (Å²) in [5, 5.41) is 16.6. The molecule has 9 nitrogen and oxygen atoms in total. The fourth-order valence-electron chi connectivity index (χ4n) is 2.69. The molecule has 31 heavy (non-hydrogen) atoms. The molecule has 10 heteroatoms. The van der Waals surface area contributed by atoms with E-state index in [1.807, 2.05) is 0 Å². The number of amides is 3. The summed E-state index contributed by atoms with van der Waals surface area (Å²) in [7, 11) is 0. The molecule has 0 saturated heterocycles. The number of hydrogen-bond acceptors (Lipinski definition) is 7. The number of aromatic nitrogens is 2. The Morgan fingerprint density at radius 3 is 2.71 bits per heavy atom. The standard InChI is InChI=1S/C21H16N6O3S/c1-2-18-26-17(12-31-18)27-21(29)25-16(11-30-20(23)28)13-5-7-14(8-6-13)19-15(10-22)4-3-9-24-19/h1,3-9,12,16H,11H2,(H2,23,28)(H2,25,27,29)/t16-/m0/s1. The molecule has 2 aromatic heterocycles. The number of benzene rings is 1. The number of thiazole rings is 1. The third-order valence-electron chi connectivity index (χ3n) is 4.08. The zero-order valence-electron chi connectivity index (χ0n) is 16.0. The van der Waals surface area contributed by atoms with Crippen molar-refractivity contribution < 1.29 is 14.3 Å². The topological polar surface area (TPSA) is 143 Å². The smallest absolute Gasteiger partial charge is 0.404 e. The fraction of sp³-hybridized carbons (Fsp3) is 0.0952. The Bertz CT molecular complexity index is 1180. The Morgan fingerprint density at radius 1 is 1.29 bits per heavy atom. The molecule has 2 heterocycles. The van der Waals surface area contributed by atoms with Crippen molar-refractivity contribution >= 4 is 29.3 Å². The van der Waals surface area contributed by atoms with Gasteiger partial charge in [0.25, 0.3) is 0 Å². The van der Waals surface area contributed by atoms with E-state index >= 15 is 0 Å². The number of primary amides is 1. The fourth-order valence-corrected chi connectivity index (χ4v) is 3.25. The van der Waals surface area contributed by atoms with Crippen molar-refractivity contribution in [3.8, 4) is 29.7 Å². The van der Waals surface area contributed by atoms with E-state index in [9.17, 15) is 14.9 Å². The zero-order valence-corrected chi connectivity index (χ0v) is 16.8. The quantitative estimate of drug-likeness (QED) is 0.511. The SMILES string of the molecule is C#Cc1nc(NC(=O)N[C@@H](COC(N)=O)c2ccc(-c3ncccc3C#N)cc2)cs1. The molecular weight excluding hydrogens is 416 g/mol. The monoisotopic (exact) mass is 432 g/mol. The minimum atomic E-state index is -0.964. The number of terminal acetylenes is 1. The number of nitrogens with one attached hydrogen (secondary N) is 2. The molecule has 1 aromatic carbocycles. The Kier molecular flexibility index (Phi) is 6.78. The zero-order chi connectivity index (χ0) is 22.2. The first-order valence-electron chi connectivity index (χ1n) is 8.87. The van der Waals surface area contributed by atoms with Crippen LogP contribution in [0.2, 0.25) is 0 Å². The van der Waals surface area contributed by atoms with Gasteiger partial charge in [0.05, 0.1) is 17.3 Å². The number of nitrogens with zero attached hydrogens (tertiary/aromatic N) is 3. The van der Waals surface area contributed by atoms with Gasteiger partial charge in [-0.25, -0.2) is 14.6 Å². The molecule has 0 aliphatic rings. The van der Waals surface area contributed by atoms with E-state index in [2.05, 4.69) is 32.6 Å². The van der Waals surface area contributed by atoms with Crippen molar-refractivity contribution in [1.82, 2.24) is 15.3 Å². The lowest BCUT2D eigenvalue weighted by Gasteiger charge is -2.19. The van der Waals surface area contributed by atoms with Crippen LogP contribution in [0.5, 0.6) is 0 Å². The van der Waals surface area contributed by atoms with Crippen molar-refractivity contribution in [2.45, 2.75) is 6.04 Å². The van der Waals surface area contributed by atoms with Crippen molar-refractivity contribution in [3.05, 3.63) is 64.1 Å². The molecule has 0 spiro atoms. The average molecular weight is 432 g/mol. The Labute approximate surface area is 181 Å². The lowest BCUT2D eigenvalue weighted by Crippen LogP contribution is -2.36. The maximum Gasteiger partial charge on any atom is 0.404 e. The van der Waals surface area contributed by atoms with Crippen LogP contribution in [0.15, 0.2) is 48.0 Å². The molecule has 4 N–H and O–H groups in total. The van der Waals surface area contributed by atoms with Gasteiger partial charge >= 0.3 is 12.1 Å². The minimum Gasteiger partial charge on any atom is -0.447 e. The molecule has 0 aliphatic heterocycles. The maximum absolute atomic E-state index is 12.4. The highest BCUT2D eigenvalue weighted by atomic mass is 32.1. The van der Waals surface area contributed by atoms with Crippen LogP contribution >= 0.6 is 11.3 Å². The third-order valence-corrected chi connectivity index (χ3v) is 4.86. The van der Waals surface area contributed by atoms with Crippen molar-refractivity contribution in [1.29, 1.82) is 5.26 Å². The van der Waals surface area contributed by atoms with Gasteiger partial charge in [-0.1, -0.05) is 24.3 Å². The highest BCUT2D eigenvalue weighted by molar-refractivity contribution is 7.10. The number of hydrogen-bond donors (Lipinski definition) is 3. The molecule has 0 unspecified atom stereocenters. The summed E-state index contributed by atoms with van der Waals surface area (Å²) >= 11 is 1.22. The number of rotatable bonds is 6. The average Bonchev–Trinajstić information content (AvgIpc) is 3.24. The van der Waals surface area contributed by atoms with Gasteiger partial charge in [-0.15, -0.1) is 17.8 Å². The van der Waals surface area contributed by atoms with Crippen molar-refractivity contribution in [2.75, 3.05) is 11.9 Å². The molecule has 3 amide bonds. The van der Waals surface area contributed by atoms with Crippen LogP contribution in [-0.2, 0) is 4.74 Å². The van der Waals surface area contributed by atoms with E-state index in [4.69, 9.17) is 16.9 Å². The van der Waals surface area contributed by atoms with E-state index in [1.165, 1.54) is 11.3 Å². The minimum absolute atomic E-state index is 0.179. The summed E-state index contributed by atoms with van der Waals surface area (Å²) in [6, 6.07) is 11.2. The number of carbonyl (C=O) groups is 2. The summed E-state index contributed by atoms with van der Waals surface area (Å²) in [4.78, 5) is 31.8. The largest absolute Gasteiger partial charge is 0.447 e. The van der Waals surface area contributed by atoms with Gasteiger partial charge < -0.3 is 15.8 Å². The number of anilines is 1. The summed E-state index contributed by atoms with van der Waals surface area (Å²) in [6.45, 7) is -0.179. The number of ether oxygens (including phenoxy) is 1. The molecule has 0 saturated carbocycles. The van der Waals surface area contributed by atoms with Crippen LogP contribution in [-0.4, -0.2) is 28.7 Å². The number of nitrogens with two attached hydrogens (primary N) is 1. The molecule has 1 atom stereocenters. The number of carbonyl (C=O) groups excluding carboxylic acids is 2. The third kappa shape index (κ3) is 5.56. The summed E-state index contributed by atoms with van der Waals surface area (Å²) < 4.78 is 4.88. The predicted octanol–water partition coefficient (Wildman–Crippen LogP) is 3.02. The van der Waals surface area contributed by atoms with Crippen LogP contribution in [0.1, 0.15) is 22.2 Å². The summed E-state index contributed by atoms with van der Waals surface area (Å²) in [5.41, 5.74) is 7.43. The molecule has 0 radical (unpaired) electrons. The van der Waals surface area contributed by atoms with Crippen LogP contribution in [0, 0.1) is 23.7 Å². The number of pyridine rings is 1. The highest BCUT2D eigenvalue weighted by Gasteiger charge is 2.18. The van der Waals surface area contributed by atoms with Crippen LogP contribution < -0.4 is 16.4 Å². The van der Waals surface area contributed by atoms with Crippen molar-refractivity contribution in [2.24, 2.45) is 5.73 Å². The summed E-state index contributed by atoms with van der Waals surface area (Å²) in [6.07, 6.45) is 5.92. The number of nitriles is 1. The van der Waals surface area contributed by atoms with E-state index in [0.717, 1.165) is 5.56 Å². The van der Waals surface area contributed by atoms with E-state index in [-0.39, 0.29) is 6.61 Å². The van der Waals surface area contributed by atoms with Crippen LogP contribution in [0.3, 0.4) is 0 Å². The molecular formula is C21H16N6O3S. The van der Waals surface area contributed by atoms with E-state index in [1.54, 1.807) is 48.0 Å². The Balaban J connectivity index is 1.78. The van der Waals surface area contributed by atoms with Gasteiger partial charge in [0.1, 0.15) is 18.5 Å². The highest BCUT2D eigenvalue weighted by Crippen LogP contribution is 2.23. The first-order chi connectivity index (χ1) is 15.0. The molecule has 0 fully saturated rings. The first kappa shape index (κ1) is 21.3. The molecule has 3 aromatic rings. The lowest BCUT2D eigenvalue weighted by molar-refractivity contribution is 0.144. The summed E-state index contributed by atoms with van der Waals surface area (Å²) in [5.74, 6) is 2.69. The second kappa shape index (κ2) is 9.87. The van der Waals surface area contributed by atoms with Crippen LogP contribution in [0.4, 0.5) is 15.4 Å². The molecule has 0 bridgehead atoms. The second-order valence-corrected chi connectivity index (χ2v) is 6.95. The van der Waals surface area contributed by atoms with Crippen LogP contribution in [0.25, 0.3) is 11.3 Å². The molecule has 3 rings (SSSR count). The predicted molar refractivity (Wildman–Crippen MR) is 115 cm³/mol. The molecule has 154 valence electrons. The van der Waals surface area contributed by atoms with E-state index < -0.39 is 18.2 Å². The van der Waals surface area contributed by atoms with Gasteiger partial charge in [0, 0.05) is 17.1 Å². The van der Waals surface area contributed by atoms with E-state index in [0.29, 0.717) is 27.6 Å². The first-order valence-corrected chi connectivity index (χ1v) is 9.75. The Hall–Kier alpha value is -4.41. The number of urea groups is 1. The van der Waals surface area contributed by atoms with Crippen molar-refractivity contribution in [3.63, 3.8) is 0 Å². The maximum atomic E-state index is 12.4. The Morgan fingerprint density at radius 2 is 2.06 bits per heavy atom. The second-order valence-electron chi connectivity index (χ2n) is 6.10. The van der Waals surface area contributed by atoms with Gasteiger partial charge in [-0.2, -0.15) is 5.26 Å². The normalized spacial score (nSPS) is 10.9. The van der Waals surface area contributed by atoms with Gasteiger partial charge in [0.2, 0.25) is 0 Å².